The van der Waals surface area contributed by atoms with E-state index in [2.05, 4.69) is 15.7 Å². The molecule has 0 fully saturated rings. The van der Waals surface area contributed by atoms with Crippen molar-refractivity contribution in [3.63, 3.8) is 0 Å². The molecule has 0 radical (unpaired) electrons. The zero-order valence-electron chi connectivity index (χ0n) is 18.0. The number of carbonyl (C=O) groups is 2. The molecular formula is C23H24ClFN4O2S. The number of rotatable bonds is 8. The van der Waals surface area contributed by atoms with Gasteiger partial charge in [-0.25, -0.2) is 9.07 Å². The largest absolute Gasteiger partial charge is 0.340 e. The van der Waals surface area contributed by atoms with Gasteiger partial charge in [-0.05, 0) is 68.7 Å². The number of aromatic nitrogens is 2. The van der Waals surface area contributed by atoms with Gasteiger partial charge in [0.05, 0.1) is 16.3 Å². The Morgan fingerprint density at radius 3 is 2.56 bits per heavy atom. The zero-order chi connectivity index (χ0) is 23.3. The van der Waals surface area contributed by atoms with Crippen LogP contribution < -0.4 is 10.6 Å². The second-order valence-corrected chi connectivity index (χ2v) is 8.67. The van der Waals surface area contributed by atoms with E-state index < -0.39 is 23.7 Å². The molecular weight excluding hydrogens is 451 g/mol. The zero-order valence-corrected chi connectivity index (χ0v) is 19.6. The summed E-state index contributed by atoms with van der Waals surface area (Å²) >= 11 is 7.66. The highest BCUT2D eigenvalue weighted by atomic mass is 35.5. The van der Waals surface area contributed by atoms with Crippen LogP contribution in [0.2, 0.25) is 5.02 Å². The number of hydrogen-bond donors (Lipinski definition) is 2. The maximum Gasteiger partial charge on any atom is 0.253 e. The van der Waals surface area contributed by atoms with Gasteiger partial charge in [0, 0.05) is 11.4 Å². The van der Waals surface area contributed by atoms with Crippen molar-refractivity contribution < 1.29 is 14.0 Å². The first-order valence-electron chi connectivity index (χ1n) is 9.98. The van der Waals surface area contributed by atoms with E-state index in [1.54, 1.807) is 48.2 Å². The van der Waals surface area contributed by atoms with Crippen LogP contribution >= 0.6 is 23.4 Å². The van der Waals surface area contributed by atoms with Crippen molar-refractivity contribution in [1.82, 2.24) is 15.1 Å². The van der Waals surface area contributed by atoms with Gasteiger partial charge in [0.15, 0.2) is 5.82 Å². The summed E-state index contributed by atoms with van der Waals surface area (Å²) in [6.45, 7) is 3.68. The predicted molar refractivity (Wildman–Crippen MR) is 127 cm³/mol. The van der Waals surface area contributed by atoms with E-state index in [0.29, 0.717) is 28.6 Å². The third-order valence-electron chi connectivity index (χ3n) is 4.80. The van der Waals surface area contributed by atoms with Gasteiger partial charge in [0.1, 0.15) is 11.7 Å². The summed E-state index contributed by atoms with van der Waals surface area (Å²) < 4.78 is 16.3. The number of benzene rings is 2. The highest BCUT2D eigenvalue weighted by Crippen LogP contribution is 2.21. The van der Waals surface area contributed by atoms with Gasteiger partial charge in [0.2, 0.25) is 5.91 Å². The lowest BCUT2D eigenvalue weighted by atomic mass is 10.1. The first-order chi connectivity index (χ1) is 15.3. The fourth-order valence-corrected chi connectivity index (χ4v) is 3.94. The quantitative estimate of drug-likeness (QED) is 0.493. The lowest BCUT2D eigenvalue weighted by Gasteiger charge is -2.19. The Kier molecular flexibility index (Phi) is 7.93. The number of anilines is 1. The van der Waals surface area contributed by atoms with E-state index in [1.165, 1.54) is 10.7 Å². The summed E-state index contributed by atoms with van der Waals surface area (Å²) in [5, 5.41) is 10.0. The Morgan fingerprint density at radius 2 is 1.94 bits per heavy atom. The topological polar surface area (TPSA) is 76.0 Å². The van der Waals surface area contributed by atoms with Gasteiger partial charge >= 0.3 is 0 Å². The van der Waals surface area contributed by atoms with Crippen LogP contribution in [0.1, 0.15) is 28.2 Å². The predicted octanol–water partition coefficient (Wildman–Crippen LogP) is 4.77. The summed E-state index contributed by atoms with van der Waals surface area (Å²) in [6, 6.07) is 12.1. The van der Waals surface area contributed by atoms with Crippen LogP contribution in [0.25, 0.3) is 5.69 Å². The van der Waals surface area contributed by atoms with Gasteiger partial charge in [-0.2, -0.15) is 16.9 Å². The van der Waals surface area contributed by atoms with Gasteiger partial charge in [0.25, 0.3) is 5.91 Å². The number of hydrogen-bond acceptors (Lipinski definition) is 4. The minimum absolute atomic E-state index is 0.288. The van der Waals surface area contributed by atoms with E-state index in [4.69, 9.17) is 11.6 Å². The van der Waals surface area contributed by atoms with Crippen LogP contribution in [0.5, 0.6) is 0 Å². The summed E-state index contributed by atoms with van der Waals surface area (Å²) in [7, 11) is 0. The molecule has 9 heteroatoms. The molecule has 6 nitrogen and oxygen atoms in total. The number of nitrogens with zero attached hydrogens (tertiary/aromatic N) is 2. The molecule has 0 bridgehead atoms. The van der Waals surface area contributed by atoms with Crippen LogP contribution in [0.4, 0.5) is 10.1 Å². The molecule has 168 valence electrons. The third kappa shape index (κ3) is 5.69. The lowest BCUT2D eigenvalue weighted by molar-refractivity contribution is -0.118. The van der Waals surface area contributed by atoms with E-state index in [0.717, 1.165) is 11.4 Å². The normalized spacial score (nSPS) is 11.8. The molecule has 2 N–H and O–H groups in total. The fourth-order valence-electron chi connectivity index (χ4n) is 3.24. The number of carbonyl (C=O) groups excluding carboxylic acids is 2. The fraction of sp³-hybridized carbons (Fsp3) is 0.261. The number of thioether (sulfide) groups is 1. The summed E-state index contributed by atoms with van der Waals surface area (Å²) in [5.41, 5.74) is 2.46. The molecule has 2 aromatic carbocycles. The van der Waals surface area contributed by atoms with Crippen molar-refractivity contribution in [2.45, 2.75) is 26.3 Å². The molecule has 1 aromatic heterocycles. The highest BCUT2D eigenvalue weighted by Gasteiger charge is 2.23. The summed E-state index contributed by atoms with van der Waals surface area (Å²) in [5.74, 6) is -0.734. The maximum atomic E-state index is 14.8. The average molecular weight is 475 g/mol. The lowest BCUT2D eigenvalue weighted by Crippen LogP contribution is -2.44. The number of amides is 2. The second kappa shape index (κ2) is 10.7. The molecule has 0 aliphatic carbocycles. The first-order valence-corrected chi connectivity index (χ1v) is 11.8. The van der Waals surface area contributed by atoms with E-state index in [1.807, 2.05) is 26.2 Å². The Morgan fingerprint density at radius 1 is 1.19 bits per heavy atom. The summed E-state index contributed by atoms with van der Waals surface area (Å²) in [6.07, 6.45) is 2.33. The van der Waals surface area contributed by atoms with Crippen molar-refractivity contribution in [2.24, 2.45) is 0 Å². The number of aryl methyl sites for hydroxylation is 2. The van der Waals surface area contributed by atoms with Crippen molar-refractivity contribution in [2.75, 3.05) is 17.3 Å². The van der Waals surface area contributed by atoms with E-state index in [9.17, 15) is 14.0 Å². The molecule has 0 aliphatic rings. The Labute approximate surface area is 195 Å². The first kappa shape index (κ1) is 23.8. The Bertz CT molecular complexity index is 1130. The van der Waals surface area contributed by atoms with Crippen molar-refractivity contribution in [3.05, 3.63) is 76.3 Å². The molecule has 3 rings (SSSR count). The monoisotopic (exact) mass is 474 g/mol. The highest BCUT2D eigenvalue weighted by molar-refractivity contribution is 7.98. The molecule has 1 unspecified atom stereocenters. The molecule has 1 atom stereocenters. The standard InChI is InChI=1S/C23H24ClFN4O2S/c1-14-12-15(2)29(28-14)21-9-8-16(13-19(21)25)26-23(31)20(10-11-32-3)27-22(30)17-6-4-5-7-18(17)24/h4-9,12-13,20H,10-11H2,1-3H3,(H,26,31)(H,27,30). The molecule has 0 aliphatic heterocycles. The summed E-state index contributed by atoms with van der Waals surface area (Å²) in [4.78, 5) is 25.5. The molecule has 0 saturated heterocycles. The van der Waals surface area contributed by atoms with Gasteiger partial charge in [-0.3, -0.25) is 9.59 Å². The van der Waals surface area contributed by atoms with Crippen molar-refractivity contribution in [3.8, 4) is 5.69 Å². The number of halogens is 2. The third-order valence-corrected chi connectivity index (χ3v) is 5.78. The van der Waals surface area contributed by atoms with E-state index in [-0.39, 0.29) is 5.56 Å². The van der Waals surface area contributed by atoms with Crippen LogP contribution in [-0.2, 0) is 4.79 Å². The molecule has 1 heterocycles. The van der Waals surface area contributed by atoms with Crippen LogP contribution in [-0.4, -0.2) is 39.6 Å². The Balaban J connectivity index is 1.76. The van der Waals surface area contributed by atoms with Crippen LogP contribution in [0.3, 0.4) is 0 Å². The second-order valence-electron chi connectivity index (χ2n) is 7.28. The van der Waals surface area contributed by atoms with Crippen molar-refractivity contribution in [1.29, 1.82) is 0 Å². The molecule has 2 amide bonds. The van der Waals surface area contributed by atoms with Gasteiger partial charge < -0.3 is 10.6 Å². The molecule has 0 saturated carbocycles. The minimum atomic E-state index is -0.801. The molecule has 32 heavy (non-hydrogen) atoms. The van der Waals surface area contributed by atoms with Crippen molar-refractivity contribution >= 4 is 40.9 Å². The van der Waals surface area contributed by atoms with Gasteiger partial charge in [-0.1, -0.05) is 23.7 Å². The smallest absolute Gasteiger partial charge is 0.253 e. The SMILES string of the molecule is CSCCC(NC(=O)c1ccccc1Cl)C(=O)Nc1ccc(-n2nc(C)cc2C)c(F)c1. The van der Waals surface area contributed by atoms with Crippen LogP contribution in [0.15, 0.2) is 48.5 Å². The average Bonchev–Trinajstić information content (AvgIpc) is 3.08. The van der Waals surface area contributed by atoms with E-state index >= 15 is 0 Å². The Hall–Kier alpha value is -2.84. The van der Waals surface area contributed by atoms with Gasteiger partial charge in [-0.15, -0.1) is 0 Å². The molecule has 3 aromatic rings. The molecule has 0 spiro atoms. The van der Waals surface area contributed by atoms with Crippen LogP contribution in [0, 0.1) is 19.7 Å². The number of nitrogens with one attached hydrogen (secondary N) is 2. The maximum absolute atomic E-state index is 14.8. The minimum Gasteiger partial charge on any atom is -0.340 e.